The monoisotopic (exact) mass is 530 g/mol. The molecule has 10 heteroatoms. The average Bonchev–Trinajstić information content (AvgIpc) is 3.33. The summed E-state index contributed by atoms with van der Waals surface area (Å²) in [7, 11) is 4.30. The van der Waals surface area contributed by atoms with Crippen molar-refractivity contribution in [2.45, 2.75) is 39.2 Å². The number of hydrogen-bond acceptors (Lipinski definition) is 6. The lowest BCUT2D eigenvalue weighted by Crippen LogP contribution is -2.10. The number of alkyl halides is 2. The van der Waals surface area contributed by atoms with Gasteiger partial charge < -0.3 is 20.3 Å². The molecule has 2 heterocycles. The van der Waals surface area contributed by atoms with Gasteiger partial charge in [0.05, 0.1) is 25.8 Å². The minimum atomic E-state index is -2.50. The maximum atomic E-state index is 11.0. The van der Waals surface area contributed by atoms with E-state index >= 15 is 0 Å². The Balaban J connectivity index is 0.000000628. The SMILES string of the molecule is CC(C)(F)F.CC[C@@H](c1ccc(OC)cc1)n1cc2cc(-c3ccc(OC)nc3)ccc2n1.CO.NC=O. The molecule has 1 amide bonds. The maximum Gasteiger partial charge on any atom is 0.242 e. The molecule has 0 saturated carbocycles. The first kappa shape index (κ1) is 32.0. The summed E-state index contributed by atoms with van der Waals surface area (Å²) in [5, 5.41) is 12.9. The highest BCUT2D eigenvalue weighted by Gasteiger charge is 2.14. The molecule has 4 rings (SSSR count). The van der Waals surface area contributed by atoms with E-state index in [4.69, 9.17) is 24.5 Å². The fraction of sp³-hybridized carbons (Fsp3) is 0.321. The van der Waals surface area contributed by atoms with E-state index in [0.717, 1.165) is 55.2 Å². The highest BCUT2D eigenvalue weighted by molar-refractivity contribution is 5.84. The van der Waals surface area contributed by atoms with E-state index in [1.165, 1.54) is 5.56 Å². The van der Waals surface area contributed by atoms with Gasteiger partial charge in [0.15, 0.2) is 0 Å². The summed E-state index contributed by atoms with van der Waals surface area (Å²) < 4.78 is 34.5. The molecule has 0 saturated heterocycles. The largest absolute Gasteiger partial charge is 0.497 e. The fourth-order valence-corrected chi connectivity index (χ4v) is 3.46. The number of hydrogen-bond donors (Lipinski definition) is 2. The van der Waals surface area contributed by atoms with Gasteiger partial charge >= 0.3 is 0 Å². The standard InChI is InChI=1S/C23H23N3O2.C3H6F2.CH3NO.CH4O/c1-4-22(16-5-9-20(27-2)10-6-16)26-15-19-13-17(7-11-21(19)25-26)18-8-12-23(28-3)24-14-18;1-3(2,4)5;2-1-3;1-2/h5-15,22H,4H2,1-3H3;1-2H3;1H,(H2,2,3);2H,1H3/t22-;;;/m0.../s1. The molecule has 0 aliphatic heterocycles. The summed E-state index contributed by atoms with van der Waals surface area (Å²) in [6.07, 6.45) is 5.15. The number of aromatic nitrogens is 3. The van der Waals surface area contributed by atoms with Crippen molar-refractivity contribution in [2.24, 2.45) is 5.73 Å². The summed E-state index contributed by atoms with van der Waals surface area (Å²) in [6.45, 7) is 3.88. The molecular formula is C28H36F2N4O4. The van der Waals surface area contributed by atoms with Gasteiger partial charge in [-0.25, -0.2) is 13.8 Å². The minimum Gasteiger partial charge on any atom is -0.497 e. The maximum absolute atomic E-state index is 11.0. The lowest BCUT2D eigenvalue weighted by Gasteiger charge is -2.16. The number of pyridine rings is 1. The van der Waals surface area contributed by atoms with Crippen molar-refractivity contribution < 1.29 is 28.2 Å². The molecule has 38 heavy (non-hydrogen) atoms. The van der Waals surface area contributed by atoms with E-state index in [0.29, 0.717) is 5.88 Å². The predicted octanol–water partition coefficient (Wildman–Crippen LogP) is 5.49. The van der Waals surface area contributed by atoms with Gasteiger partial charge in [-0.2, -0.15) is 5.10 Å². The van der Waals surface area contributed by atoms with Crippen molar-refractivity contribution in [3.05, 3.63) is 72.6 Å². The summed E-state index contributed by atoms with van der Waals surface area (Å²) in [4.78, 5) is 12.9. The van der Waals surface area contributed by atoms with Crippen LogP contribution >= 0.6 is 0 Å². The van der Waals surface area contributed by atoms with Gasteiger partial charge in [0.1, 0.15) is 5.75 Å². The van der Waals surface area contributed by atoms with Gasteiger partial charge in [-0.15, -0.1) is 0 Å². The van der Waals surface area contributed by atoms with E-state index in [2.05, 4.69) is 58.9 Å². The van der Waals surface area contributed by atoms with Gasteiger partial charge in [0.25, 0.3) is 0 Å². The Morgan fingerprint density at radius 3 is 2.08 bits per heavy atom. The molecule has 0 spiro atoms. The number of aliphatic hydroxyl groups excluding tert-OH is 1. The van der Waals surface area contributed by atoms with Crippen molar-refractivity contribution in [1.29, 1.82) is 0 Å². The molecular weight excluding hydrogens is 494 g/mol. The molecule has 0 unspecified atom stereocenters. The molecule has 0 fully saturated rings. The van der Waals surface area contributed by atoms with E-state index in [9.17, 15) is 8.78 Å². The van der Waals surface area contributed by atoms with E-state index < -0.39 is 5.92 Å². The van der Waals surface area contributed by atoms with E-state index in [1.54, 1.807) is 14.2 Å². The second-order valence-corrected chi connectivity index (χ2v) is 8.13. The van der Waals surface area contributed by atoms with Crippen molar-refractivity contribution in [2.75, 3.05) is 21.3 Å². The van der Waals surface area contributed by atoms with Crippen LogP contribution in [-0.4, -0.2) is 53.5 Å². The van der Waals surface area contributed by atoms with Crippen LogP contribution in [0.2, 0.25) is 0 Å². The van der Waals surface area contributed by atoms with Crippen LogP contribution in [0.1, 0.15) is 38.8 Å². The number of fused-ring (bicyclic) bond motifs is 1. The zero-order chi connectivity index (χ0) is 28.7. The minimum absolute atomic E-state index is 0.185. The second kappa shape index (κ2) is 15.9. The van der Waals surface area contributed by atoms with Crippen LogP contribution in [0, 0.1) is 0 Å². The fourth-order valence-electron chi connectivity index (χ4n) is 3.46. The Hall–Kier alpha value is -4.05. The summed E-state index contributed by atoms with van der Waals surface area (Å²) in [5.74, 6) is -1.02. The Bertz CT molecular complexity index is 1220. The lowest BCUT2D eigenvalue weighted by molar-refractivity contribution is -0.106. The molecule has 3 N–H and O–H groups in total. The van der Waals surface area contributed by atoms with E-state index in [-0.39, 0.29) is 12.5 Å². The normalized spacial score (nSPS) is 11.0. The number of benzene rings is 2. The first-order valence-corrected chi connectivity index (χ1v) is 11.7. The Morgan fingerprint density at radius 1 is 1.03 bits per heavy atom. The average molecular weight is 531 g/mol. The van der Waals surface area contributed by atoms with Gasteiger partial charge in [-0.05, 0) is 61.7 Å². The van der Waals surface area contributed by atoms with Gasteiger partial charge in [0, 0.05) is 36.5 Å². The molecule has 2 aromatic carbocycles. The molecule has 0 radical (unpaired) electrons. The van der Waals surface area contributed by atoms with Crippen LogP contribution < -0.4 is 15.2 Å². The molecule has 0 bridgehead atoms. The predicted molar refractivity (Wildman–Crippen MR) is 146 cm³/mol. The Labute approximate surface area is 222 Å². The van der Waals surface area contributed by atoms with Gasteiger partial charge in [0.2, 0.25) is 18.2 Å². The number of primary amides is 1. The van der Waals surface area contributed by atoms with Crippen LogP contribution in [-0.2, 0) is 4.79 Å². The molecule has 4 aromatic rings. The number of amides is 1. The number of carbonyl (C=O) groups is 1. The molecule has 1 atom stereocenters. The third-order valence-corrected chi connectivity index (χ3v) is 5.01. The van der Waals surface area contributed by atoms with Crippen molar-refractivity contribution in [3.63, 3.8) is 0 Å². The van der Waals surface area contributed by atoms with Crippen LogP contribution in [0.25, 0.3) is 22.0 Å². The number of ether oxygens (including phenoxy) is 2. The molecule has 0 aliphatic rings. The zero-order valence-electron chi connectivity index (χ0n) is 22.6. The third kappa shape index (κ3) is 10.1. The van der Waals surface area contributed by atoms with Crippen LogP contribution in [0.15, 0.2) is 67.0 Å². The number of halogens is 2. The lowest BCUT2D eigenvalue weighted by atomic mass is 10.0. The van der Waals surface area contributed by atoms with Crippen molar-refractivity contribution in [3.8, 4) is 22.8 Å². The number of rotatable bonds is 6. The number of methoxy groups -OCH3 is 2. The quantitative estimate of drug-likeness (QED) is 0.319. The summed E-state index contributed by atoms with van der Waals surface area (Å²) in [6, 6.07) is 18.6. The number of nitrogens with two attached hydrogens (primary N) is 1. The van der Waals surface area contributed by atoms with Gasteiger partial charge in [-0.3, -0.25) is 9.48 Å². The Kier molecular flexibility index (Phi) is 13.4. The number of nitrogens with zero attached hydrogens (tertiary/aromatic N) is 3. The molecule has 2 aromatic heterocycles. The van der Waals surface area contributed by atoms with Crippen LogP contribution in [0.4, 0.5) is 8.78 Å². The molecule has 0 aliphatic carbocycles. The zero-order valence-corrected chi connectivity index (χ0v) is 22.6. The van der Waals surface area contributed by atoms with E-state index in [1.807, 2.05) is 30.5 Å². The summed E-state index contributed by atoms with van der Waals surface area (Å²) in [5.41, 5.74) is 8.53. The molecule has 206 valence electrons. The highest BCUT2D eigenvalue weighted by atomic mass is 19.3. The number of carbonyl (C=O) groups excluding carboxylic acids is 1. The third-order valence-electron chi connectivity index (χ3n) is 5.01. The van der Waals surface area contributed by atoms with Crippen molar-refractivity contribution >= 4 is 17.3 Å². The first-order chi connectivity index (χ1) is 18.1. The Morgan fingerprint density at radius 2 is 1.61 bits per heavy atom. The topological polar surface area (TPSA) is 112 Å². The molecule has 8 nitrogen and oxygen atoms in total. The smallest absolute Gasteiger partial charge is 0.242 e. The second-order valence-electron chi connectivity index (χ2n) is 8.13. The highest BCUT2D eigenvalue weighted by Crippen LogP contribution is 2.28. The first-order valence-electron chi connectivity index (χ1n) is 11.7. The van der Waals surface area contributed by atoms with Crippen LogP contribution in [0.5, 0.6) is 11.6 Å². The van der Waals surface area contributed by atoms with Crippen molar-refractivity contribution in [1.82, 2.24) is 14.8 Å². The van der Waals surface area contributed by atoms with Gasteiger partial charge in [-0.1, -0.05) is 25.1 Å². The summed E-state index contributed by atoms with van der Waals surface area (Å²) >= 11 is 0. The van der Waals surface area contributed by atoms with Crippen LogP contribution in [0.3, 0.4) is 0 Å². The number of aliphatic hydroxyl groups is 1.